The van der Waals surface area contributed by atoms with Crippen LogP contribution in [0.4, 0.5) is 0 Å². The first kappa shape index (κ1) is 23.7. The number of halogens is 1. The topological polar surface area (TPSA) is 105 Å². The minimum Gasteiger partial charge on any atom is -0.354 e. The summed E-state index contributed by atoms with van der Waals surface area (Å²) >= 11 is 0. The number of hydrogen-bond acceptors (Lipinski definition) is 4. The first-order valence-electron chi connectivity index (χ1n) is 8.76. The molecule has 1 aliphatic heterocycles. The number of likely N-dealkylation sites (tertiary alicyclic amines) is 1. The Morgan fingerprint density at radius 1 is 1.12 bits per heavy atom. The van der Waals surface area contributed by atoms with Crippen molar-refractivity contribution in [1.82, 2.24) is 15.5 Å². The molecule has 0 saturated carbocycles. The van der Waals surface area contributed by atoms with Gasteiger partial charge in [0, 0.05) is 38.5 Å². The molecule has 7 nitrogen and oxygen atoms in total. The number of nitrogens with zero attached hydrogens (tertiary/aromatic N) is 1. The Morgan fingerprint density at radius 3 is 2.40 bits per heavy atom. The molecule has 0 aromatic heterocycles. The normalized spacial score (nSPS) is 17.4. The molecule has 0 aliphatic carbocycles. The van der Waals surface area contributed by atoms with Gasteiger partial charge < -0.3 is 21.3 Å². The average Bonchev–Trinajstić information content (AvgIpc) is 2.49. The summed E-state index contributed by atoms with van der Waals surface area (Å²) < 4.78 is 0. The Kier molecular flexibility index (Phi) is 10.7. The van der Waals surface area contributed by atoms with Gasteiger partial charge in [0.15, 0.2) is 0 Å². The van der Waals surface area contributed by atoms with Gasteiger partial charge >= 0.3 is 0 Å². The summed E-state index contributed by atoms with van der Waals surface area (Å²) in [7, 11) is 0. The van der Waals surface area contributed by atoms with Crippen molar-refractivity contribution >= 4 is 30.1 Å². The second-order valence-corrected chi connectivity index (χ2v) is 7.59. The van der Waals surface area contributed by atoms with Gasteiger partial charge in [-0.05, 0) is 24.7 Å². The molecular formula is C17H33ClN4O3. The first-order valence-corrected chi connectivity index (χ1v) is 8.76. The number of hydrogen-bond donors (Lipinski definition) is 3. The lowest BCUT2D eigenvalue weighted by atomic mass is 9.92. The van der Waals surface area contributed by atoms with E-state index in [-0.39, 0.29) is 48.1 Å². The molecule has 1 fully saturated rings. The quantitative estimate of drug-likeness (QED) is 0.611. The molecular weight excluding hydrogens is 344 g/mol. The van der Waals surface area contributed by atoms with Crippen molar-refractivity contribution in [3.63, 3.8) is 0 Å². The summed E-state index contributed by atoms with van der Waals surface area (Å²) in [4.78, 5) is 37.6. The zero-order valence-electron chi connectivity index (χ0n) is 15.6. The Morgan fingerprint density at radius 2 is 1.80 bits per heavy atom. The van der Waals surface area contributed by atoms with Gasteiger partial charge in [-0.2, -0.15) is 0 Å². The molecule has 0 spiro atoms. The number of rotatable bonds is 7. The summed E-state index contributed by atoms with van der Waals surface area (Å²) in [6, 6.07) is -0.00695. The number of nitrogens with one attached hydrogen (secondary N) is 2. The molecule has 0 aromatic carbocycles. The maximum atomic E-state index is 12.4. The molecule has 0 radical (unpaired) electrons. The van der Waals surface area contributed by atoms with Crippen molar-refractivity contribution < 1.29 is 14.4 Å². The minimum atomic E-state index is -0.111. The van der Waals surface area contributed by atoms with Crippen molar-refractivity contribution in [3.05, 3.63) is 0 Å². The van der Waals surface area contributed by atoms with E-state index in [1.54, 1.807) is 4.90 Å². The number of nitrogens with two attached hydrogens (primary N) is 1. The van der Waals surface area contributed by atoms with E-state index in [4.69, 9.17) is 5.73 Å². The average molecular weight is 377 g/mol. The Hall–Kier alpha value is -1.34. The fraction of sp³-hybridized carbons (Fsp3) is 0.824. The van der Waals surface area contributed by atoms with E-state index in [1.165, 1.54) is 0 Å². The summed E-state index contributed by atoms with van der Waals surface area (Å²) in [5.74, 6) is -0.287. The van der Waals surface area contributed by atoms with Gasteiger partial charge in [0.05, 0.1) is 6.54 Å². The lowest BCUT2D eigenvalue weighted by Gasteiger charge is -2.36. The number of carbonyl (C=O) groups excluding carboxylic acids is 3. The standard InChI is InChI=1S/C17H32N4O3.ClH/c1-17(2,3)10-15(23)20-12-16(24)21-9-5-4-6-13(21)11-19-14(22)7-8-18;/h13H,4-12,18H2,1-3H3,(H,19,22)(H,20,23);1H. The van der Waals surface area contributed by atoms with Gasteiger partial charge in [-0.1, -0.05) is 20.8 Å². The molecule has 1 atom stereocenters. The van der Waals surface area contributed by atoms with Crippen LogP contribution in [0.15, 0.2) is 0 Å². The van der Waals surface area contributed by atoms with Crippen LogP contribution in [0.25, 0.3) is 0 Å². The zero-order chi connectivity index (χ0) is 18.2. The third-order valence-electron chi connectivity index (χ3n) is 3.98. The highest BCUT2D eigenvalue weighted by Gasteiger charge is 2.27. The van der Waals surface area contributed by atoms with Crippen LogP contribution < -0.4 is 16.4 Å². The number of carbonyl (C=O) groups is 3. The van der Waals surface area contributed by atoms with Gasteiger partial charge in [0.1, 0.15) is 0 Å². The van der Waals surface area contributed by atoms with Crippen molar-refractivity contribution in [1.29, 1.82) is 0 Å². The molecule has 1 aliphatic rings. The van der Waals surface area contributed by atoms with Crippen LogP contribution in [0, 0.1) is 5.41 Å². The third-order valence-corrected chi connectivity index (χ3v) is 3.98. The van der Waals surface area contributed by atoms with Gasteiger partial charge in [-0.3, -0.25) is 14.4 Å². The Balaban J connectivity index is 0.00000576. The predicted octanol–water partition coefficient (Wildman–Crippen LogP) is 0.807. The molecule has 1 saturated heterocycles. The van der Waals surface area contributed by atoms with E-state index in [9.17, 15) is 14.4 Å². The van der Waals surface area contributed by atoms with Crippen LogP contribution in [0.2, 0.25) is 0 Å². The second-order valence-electron chi connectivity index (χ2n) is 7.59. The zero-order valence-corrected chi connectivity index (χ0v) is 16.4. The highest BCUT2D eigenvalue weighted by atomic mass is 35.5. The maximum Gasteiger partial charge on any atom is 0.242 e. The summed E-state index contributed by atoms with van der Waals surface area (Å²) in [5, 5.41) is 5.54. The third kappa shape index (κ3) is 9.65. The summed E-state index contributed by atoms with van der Waals surface area (Å²) in [6.07, 6.45) is 3.54. The van der Waals surface area contributed by atoms with Crippen molar-refractivity contribution in [3.8, 4) is 0 Å². The van der Waals surface area contributed by atoms with Crippen LogP contribution in [-0.2, 0) is 14.4 Å². The van der Waals surface area contributed by atoms with Crippen LogP contribution >= 0.6 is 12.4 Å². The van der Waals surface area contributed by atoms with Gasteiger partial charge in [0.25, 0.3) is 0 Å². The highest BCUT2D eigenvalue weighted by molar-refractivity contribution is 5.85. The smallest absolute Gasteiger partial charge is 0.242 e. The van der Waals surface area contributed by atoms with E-state index in [1.807, 2.05) is 20.8 Å². The van der Waals surface area contributed by atoms with E-state index >= 15 is 0 Å². The maximum absolute atomic E-state index is 12.4. The molecule has 25 heavy (non-hydrogen) atoms. The lowest BCUT2D eigenvalue weighted by molar-refractivity contribution is -0.136. The summed E-state index contributed by atoms with van der Waals surface area (Å²) in [6.45, 7) is 7.41. The number of piperidine rings is 1. The van der Waals surface area contributed by atoms with E-state index in [0.717, 1.165) is 19.3 Å². The Labute approximate surface area is 156 Å². The summed E-state index contributed by atoms with van der Waals surface area (Å²) in [5.41, 5.74) is 5.26. The minimum absolute atomic E-state index is 0. The van der Waals surface area contributed by atoms with Crippen LogP contribution in [0.3, 0.4) is 0 Å². The highest BCUT2D eigenvalue weighted by Crippen LogP contribution is 2.18. The molecule has 8 heteroatoms. The largest absolute Gasteiger partial charge is 0.354 e. The number of amides is 3. The first-order chi connectivity index (χ1) is 11.2. The fourth-order valence-corrected chi connectivity index (χ4v) is 2.81. The molecule has 1 unspecified atom stereocenters. The van der Waals surface area contributed by atoms with Gasteiger partial charge in [-0.15, -0.1) is 12.4 Å². The Bertz CT molecular complexity index is 452. The van der Waals surface area contributed by atoms with E-state index < -0.39 is 0 Å². The molecule has 146 valence electrons. The molecule has 0 bridgehead atoms. The van der Waals surface area contributed by atoms with Crippen molar-refractivity contribution in [2.75, 3.05) is 26.2 Å². The molecule has 1 heterocycles. The van der Waals surface area contributed by atoms with Crippen molar-refractivity contribution in [2.24, 2.45) is 11.1 Å². The monoisotopic (exact) mass is 376 g/mol. The van der Waals surface area contributed by atoms with Crippen LogP contribution in [-0.4, -0.2) is 54.8 Å². The SMILES string of the molecule is CC(C)(C)CC(=O)NCC(=O)N1CCCCC1CNC(=O)CCN.Cl. The van der Waals surface area contributed by atoms with Crippen LogP contribution in [0.5, 0.6) is 0 Å². The predicted molar refractivity (Wildman–Crippen MR) is 100 cm³/mol. The molecule has 4 N–H and O–H groups in total. The van der Waals surface area contributed by atoms with E-state index in [0.29, 0.717) is 32.5 Å². The van der Waals surface area contributed by atoms with E-state index in [2.05, 4.69) is 10.6 Å². The van der Waals surface area contributed by atoms with Gasteiger partial charge in [-0.25, -0.2) is 0 Å². The second kappa shape index (κ2) is 11.3. The van der Waals surface area contributed by atoms with Gasteiger partial charge in [0.2, 0.25) is 17.7 Å². The molecule has 1 rings (SSSR count). The van der Waals surface area contributed by atoms with Crippen LogP contribution in [0.1, 0.15) is 52.9 Å². The molecule has 3 amide bonds. The lowest BCUT2D eigenvalue weighted by Crippen LogP contribution is -2.52. The fourth-order valence-electron chi connectivity index (χ4n) is 2.81. The van der Waals surface area contributed by atoms with Crippen molar-refractivity contribution in [2.45, 2.75) is 58.9 Å². The molecule has 0 aromatic rings.